The van der Waals surface area contributed by atoms with E-state index in [9.17, 15) is 4.79 Å². The summed E-state index contributed by atoms with van der Waals surface area (Å²) in [6.45, 7) is 3.60. The minimum atomic E-state index is -0.0690. The highest BCUT2D eigenvalue weighted by atomic mass is 16.5. The second-order valence-corrected chi connectivity index (χ2v) is 7.87. The molecule has 0 radical (unpaired) electrons. The average molecular weight is 356 g/mol. The molecule has 0 saturated carbocycles. The van der Waals surface area contributed by atoms with Gasteiger partial charge in [-0.1, -0.05) is 18.2 Å². The third-order valence-electron chi connectivity index (χ3n) is 6.04. The molecule has 2 saturated heterocycles. The normalized spacial score (nSPS) is 28.9. The van der Waals surface area contributed by atoms with Crippen molar-refractivity contribution in [1.82, 2.24) is 9.88 Å². The van der Waals surface area contributed by atoms with Gasteiger partial charge in [-0.3, -0.25) is 9.78 Å². The first kappa shape index (κ1) is 17.7. The van der Waals surface area contributed by atoms with Crippen LogP contribution >= 0.6 is 0 Å². The number of hydrogen-bond acceptors (Lipinski definition) is 4. The molecule has 1 amide bonds. The summed E-state index contributed by atoms with van der Waals surface area (Å²) >= 11 is 0. The third-order valence-corrected chi connectivity index (χ3v) is 6.04. The van der Waals surface area contributed by atoms with E-state index in [4.69, 9.17) is 9.47 Å². The highest BCUT2D eigenvalue weighted by molar-refractivity contribution is 5.79. The molecule has 0 spiro atoms. The van der Waals surface area contributed by atoms with Crippen molar-refractivity contribution in [1.29, 1.82) is 0 Å². The monoisotopic (exact) mass is 356 g/mol. The van der Waals surface area contributed by atoms with Crippen molar-refractivity contribution in [2.45, 2.75) is 44.8 Å². The minimum Gasteiger partial charge on any atom is -0.377 e. The number of hydrogen-bond donors (Lipinski definition) is 0. The topological polar surface area (TPSA) is 51.7 Å². The Morgan fingerprint density at radius 3 is 3.08 bits per heavy atom. The fourth-order valence-electron chi connectivity index (χ4n) is 4.62. The van der Waals surface area contributed by atoms with E-state index in [0.29, 0.717) is 19.1 Å². The maximum absolute atomic E-state index is 12.9. The van der Waals surface area contributed by atoms with Gasteiger partial charge >= 0.3 is 0 Å². The summed E-state index contributed by atoms with van der Waals surface area (Å²) in [5, 5.41) is 0. The summed E-state index contributed by atoms with van der Waals surface area (Å²) in [5.74, 6) is 0.454. The molecular formula is C21H28N2O3. The summed E-state index contributed by atoms with van der Waals surface area (Å²) in [5.41, 5.74) is 1.01. The maximum Gasteiger partial charge on any atom is 0.226 e. The van der Waals surface area contributed by atoms with E-state index < -0.39 is 0 Å². The lowest BCUT2D eigenvalue weighted by Gasteiger charge is -2.50. The highest BCUT2D eigenvalue weighted by Crippen LogP contribution is 2.41. The number of rotatable bonds is 5. The van der Waals surface area contributed by atoms with Crippen LogP contribution in [0, 0.1) is 11.3 Å². The molecule has 5 nitrogen and oxygen atoms in total. The molecule has 0 N–H and O–H groups in total. The van der Waals surface area contributed by atoms with E-state index in [-0.39, 0.29) is 17.4 Å². The second kappa shape index (κ2) is 7.89. The maximum atomic E-state index is 12.9. The van der Waals surface area contributed by atoms with Gasteiger partial charge in [-0.05, 0) is 43.7 Å². The summed E-state index contributed by atoms with van der Waals surface area (Å²) in [4.78, 5) is 19.1. The lowest BCUT2D eigenvalue weighted by molar-refractivity contribution is -0.168. The van der Waals surface area contributed by atoms with Gasteiger partial charge in [-0.25, -0.2) is 0 Å². The molecule has 4 rings (SSSR count). The van der Waals surface area contributed by atoms with Gasteiger partial charge in [0, 0.05) is 43.4 Å². The molecule has 3 heterocycles. The molecule has 2 atom stereocenters. The molecule has 0 aromatic carbocycles. The van der Waals surface area contributed by atoms with Gasteiger partial charge in [-0.2, -0.15) is 0 Å². The number of fused-ring (bicyclic) bond motifs is 1. The molecular weight excluding hydrogens is 328 g/mol. The van der Waals surface area contributed by atoms with Crippen LogP contribution < -0.4 is 0 Å². The zero-order valence-corrected chi connectivity index (χ0v) is 15.3. The van der Waals surface area contributed by atoms with Crippen LogP contribution in [0.15, 0.2) is 36.7 Å². The molecule has 5 heteroatoms. The van der Waals surface area contributed by atoms with E-state index in [1.54, 1.807) is 6.20 Å². The van der Waals surface area contributed by atoms with Crippen molar-refractivity contribution >= 4 is 5.91 Å². The Hall–Kier alpha value is -1.72. The number of carbonyl (C=O) groups excluding carboxylic acids is 1. The van der Waals surface area contributed by atoms with E-state index in [1.807, 2.05) is 18.3 Å². The molecule has 3 aliphatic rings. The van der Waals surface area contributed by atoms with Crippen molar-refractivity contribution in [3.05, 3.63) is 42.2 Å². The van der Waals surface area contributed by atoms with Crippen LogP contribution in [0.5, 0.6) is 0 Å². The first-order valence-corrected chi connectivity index (χ1v) is 9.79. The minimum absolute atomic E-state index is 0.0690. The van der Waals surface area contributed by atoms with Crippen LogP contribution in [-0.4, -0.2) is 48.2 Å². The van der Waals surface area contributed by atoms with Gasteiger partial charge in [0.2, 0.25) is 5.91 Å². The van der Waals surface area contributed by atoms with Gasteiger partial charge in [0.25, 0.3) is 0 Å². The molecule has 140 valence electrons. The Balaban J connectivity index is 1.41. The lowest BCUT2D eigenvalue weighted by atomic mass is 9.72. The Kier molecular flexibility index (Phi) is 5.36. The number of piperidine rings is 1. The van der Waals surface area contributed by atoms with Gasteiger partial charge < -0.3 is 14.4 Å². The number of ether oxygens (including phenoxy) is 2. The van der Waals surface area contributed by atoms with Crippen molar-refractivity contribution in [2.24, 2.45) is 11.3 Å². The van der Waals surface area contributed by atoms with Crippen molar-refractivity contribution in [3.63, 3.8) is 0 Å². The number of allylic oxidation sites excluding steroid dienone is 2. The van der Waals surface area contributed by atoms with E-state index in [2.05, 4.69) is 22.0 Å². The number of carbonyl (C=O) groups is 1. The summed E-state index contributed by atoms with van der Waals surface area (Å²) < 4.78 is 12.2. The summed E-state index contributed by atoms with van der Waals surface area (Å²) in [6, 6.07) is 3.96. The molecule has 1 aromatic rings. The Morgan fingerprint density at radius 1 is 1.38 bits per heavy atom. The van der Waals surface area contributed by atoms with Crippen molar-refractivity contribution < 1.29 is 14.3 Å². The van der Waals surface area contributed by atoms with Crippen molar-refractivity contribution in [2.75, 3.05) is 26.3 Å². The van der Waals surface area contributed by atoms with E-state index in [0.717, 1.165) is 57.4 Å². The summed E-state index contributed by atoms with van der Waals surface area (Å²) in [6.07, 6.45) is 12.9. The standard InChI is InChI=1S/C21H28N2O3/c24-20(18-6-1-2-7-18)23-11-8-19-21(15-23,9-4-12-26-19)16-25-14-17-5-3-10-22-13-17/h1-3,5,10,13,18-19H,4,6-9,11-12,14-16H2/t19-,21-/m0/s1. The van der Waals surface area contributed by atoms with E-state index in [1.165, 1.54) is 0 Å². The number of amides is 1. The van der Waals surface area contributed by atoms with Crippen LogP contribution in [-0.2, 0) is 20.9 Å². The number of aromatic nitrogens is 1. The van der Waals surface area contributed by atoms with Gasteiger partial charge in [0.15, 0.2) is 0 Å². The van der Waals surface area contributed by atoms with Crippen LogP contribution in [0.1, 0.15) is 37.7 Å². The molecule has 0 unspecified atom stereocenters. The molecule has 1 aliphatic carbocycles. The molecule has 1 aromatic heterocycles. The van der Waals surface area contributed by atoms with Crippen LogP contribution in [0.3, 0.4) is 0 Å². The van der Waals surface area contributed by atoms with Crippen molar-refractivity contribution in [3.8, 4) is 0 Å². The van der Waals surface area contributed by atoms with E-state index >= 15 is 0 Å². The smallest absolute Gasteiger partial charge is 0.226 e. The fraction of sp³-hybridized carbons (Fsp3) is 0.619. The molecule has 2 fully saturated rings. The fourth-order valence-corrected chi connectivity index (χ4v) is 4.62. The molecule has 2 aliphatic heterocycles. The summed E-state index contributed by atoms with van der Waals surface area (Å²) in [7, 11) is 0. The zero-order chi connectivity index (χ0) is 17.8. The van der Waals surface area contributed by atoms with Crippen LogP contribution in [0.2, 0.25) is 0 Å². The Morgan fingerprint density at radius 2 is 2.27 bits per heavy atom. The zero-order valence-electron chi connectivity index (χ0n) is 15.3. The predicted molar refractivity (Wildman–Crippen MR) is 98.4 cm³/mol. The Bertz CT molecular complexity index is 640. The SMILES string of the molecule is O=C(C1CC=CC1)N1CC[C@@H]2OCCC[C@@]2(COCc2cccnc2)C1. The molecule has 0 bridgehead atoms. The quantitative estimate of drug-likeness (QED) is 0.761. The average Bonchev–Trinajstić information content (AvgIpc) is 3.22. The lowest BCUT2D eigenvalue weighted by Crippen LogP contribution is -2.58. The van der Waals surface area contributed by atoms with Crippen LogP contribution in [0.25, 0.3) is 0 Å². The Labute approximate surface area is 155 Å². The molecule has 26 heavy (non-hydrogen) atoms. The second-order valence-electron chi connectivity index (χ2n) is 7.87. The number of likely N-dealkylation sites (tertiary alicyclic amines) is 1. The number of nitrogens with zero attached hydrogens (tertiary/aromatic N) is 2. The van der Waals surface area contributed by atoms with Crippen LogP contribution in [0.4, 0.5) is 0 Å². The first-order chi connectivity index (χ1) is 12.8. The highest BCUT2D eigenvalue weighted by Gasteiger charge is 2.47. The third kappa shape index (κ3) is 3.69. The number of pyridine rings is 1. The predicted octanol–water partition coefficient (Wildman–Crippen LogP) is 2.96. The van der Waals surface area contributed by atoms with Gasteiger partial charge in [0.05, 0.1) is 19.3 Å². The first-order valence-electron chi connectivity index (χ1n) is 9.79. The van der Waals surface area contributed by atoms with Gasteiger partial charge in [0.1, 0.15) is 0 Å². The largest absolute Gasteiger partial charge is 0.377 e. The van der Waals surface area contributed by atoms with Gasteiger partial charge in [-0.15, -0.1) is 0 Å².